The molecule has 0 aliphatic carbocycles. The van der Waals surface area contributed by atoms with Crippen molar-refractivity contribution in [3.63, 3.8) is 0 Å². The van der Waals surface area contributed by atoms with Gasteiger partial charge in [-0.2, -0.15) is 0 Å². The summed E-state index contributed by atoms with van der Waals surface area (Å²) in [5, 5.41) is 18.9. The molecule has 0 spiro atoms. The van der Waals surface area contributed by atoms with Crippen LogP contribution in [0.2, 0.25) is 0 Å². The summed E-state index contributed by atoms with van der Waals surface area (Å²) >= 11 is 0. The highest BCUT2D eigenvalue weighted by Crippen LogP contribution is 2.18. The molecule has 4 atom stereocenters. The second kappa shape index (κ2) is 6.65. The Bertz CT molecular complexity index is 737. The Morgan fingerprint density at radius 2 is 2.32 bits per heavy atom. The van der Waals surface area contributed by atoms with Crippen molar-refractivity contribution in [2.75, 3.05) is 6.61 Å². The summed E-state index contributed by atoms with van der Waals surface area (Å²) in [7, 11) is 0. The molecule has 0 radical (unpaired) electrons. The van der Waals surface area contributed by atoms with Crippen LogP contribution in [0.3, 0.4) is 0 Å². The molecule has 2 rings (SSSR count). The third-order valence-corrected chi connectivity index (χ3v) is 3.15. The predicted octanol–water partition coefficient (Wildman–Crippen LogP) is -0.652. The van der Waals surface area contributed by atoms with Crippen LogP contribution in [-0.2, 0) is 4.74 Å². The van der Waals surface area contributed by atoms with Crippen molar-refractivity contribution in [2.45, 2.75) is 31.5 Å². The molecular formula is C13H15FN4O4. The molecule has 118 valence electrons. The van der Waals surface area contributed by atoms with Crippen molar-refractivity contribution in [3.8, 4) is 12.3 Å². The van der Waals surface area contributed by atoms with Crippen LogP contribution >= 0.6 is 0 Å². The van der Waals surface area contributed by atoms with Gasteiger partial charge in [-0.15, -0.1) is 6.42 Å². The Morgan fingerprint density at radius 1 is 1.59 bits per heavy atom. The Balaban J connectivity index is 2.23. The van der Waals surface area contributed by atoms with E-state index < -0.39 is 36.8 Å². The first-order valence-corrected chi connectivity index (χ1v) is 6.44. The van der Waals surface area contributed by atoms with Gasteiger partial charge < -0.3 is 19.9 Å². The maximum atomic E-state index is 13.3. The van der Waals surface area contributed by atoms with Crippen LogP contribution in [0.1, 0.15) is 13.2 Å². The van der Waals surface area contributed by atoms with E-state index in [-0.39, 0.29) is 11.2 Å². The zero-order chi connectivity index (χ0) is 16.3. The second-order valence-corrected chi connectivity index (χ2v) is 4.57. The number of hydrogen-bond acceptors (Lipinski definition) is 6. The zero-order valence-corrected chi connectivity index (χ0v) is 11.7. The van der Waals surface area contributed by atoms with Crippen molar-refractivity contribution in [1.29, 1.82) is 0 Å². The van der Waals surface area contributed by atoms with Gasteiger partial charge in [0.1, 0.15) is 18.4 Å². The molecule has 3 unspecified atom stereocenters. The van der Waals surface area contributed by atoms with E-state index in [1.165, 1.54) is 17.2 Å². The monoisotopic (exact) mass is 310 g/mol. The molecule has 0 saturated heterocycles. The summed E-state index contributed by atoms with van der Waals surface area (Å²) in [4.78, 5) is 21.8. The predicted molar refractivity (Wildman–Crippen MR) is 74.6 cm³/mol. The number of alkyl halides is 1. The van der Waals surface area contributed by atoms with Crippen molar-refractivity contribution >= 4 is 11.2 Å². The van der Waals surface area contributed by atoms with E-state index in [0.717, 1.165) is 0 Å². The lowest BCUT2D eigenvalue weighted by atomic mass is 10.1. The average Bonchev–Trinajstić information content (AvgIpc) is 2.96. The highest BCUT2D eigenvalue weighted by molar-refractivity contribution is 5.68. The number of H-pyrrole nitrogens is 1. The minimum atomic E-state index is -1.97. The lowest BCUT2D eigenvalue weighted by molar-refractivity contribution is -0.126. The molecule has 0 aliphatic rings. The largest absolute Gasteiger partial charge is 0.394 e. The molecule has 2 aromatic heterocycles. The third-order valence-electron chi connectivity index (χ3n) is 3.15. The first kappa shape index (κ1) is 16.1. The van der Waals surface area contributed by atoms with E-state index in [1.807, 2.05) is 0 Å². The van der Waals surface area contributed by atoms with Gasteiger partial charge >= 0.3 is 0 Å². The van der Waals surface area contributed by atoms with Crippen molar-refractivity contribution < 1.29 is 19.3 Å². The molecule has 0 bridgehead atoms. The molecule has 9 heteroatoms. The molecule has 8 nitrogen and oxygen atoms in total. The number of nitrogens with zero attached hydrogens (tertiary/aromatic N) is 3. The molecule has 3 N–H and O–H groups in total. The van der Waals surface area contributed by atoms with Gasteiger partial charge in [-0.1, -0.05) is 5.92 Å². The van der Waals surface area contributed by atoms with Gasteiger partial charge in [-0.05, 0) is 6.92 Å². The fourth-order valence-electron chi connectivity index (χ4n) is 1.97. The number of hydrogen-bond donors (Lipinski definition) is 3. The molecule has 2 aromatic rings. The number of aliphatic hydroxyl groups excluding tert-OH is 2. The number of aliphatic hydroxyl groups is 2. The summed E-state index contributed by atoms with van der Waals surface area (Å²) in [6.07, 6.45) is 1.79. The van der Waals surface area contributed by atoms with Crippen molar-refractivity contribution in [1.82, 2.24) is 19.5 Å². The van der Waals surface area contributed by atoms with Gasteiger partial charge in [0.15, 0.2) is 17.3 Å². The topological polar surface area (TPSA) is 113 Å². The lowest BCUT2D eigenvalue weighted by Gasteiger charge is -2.26. The van der Waals surface area contributed by atoms with Crippen LogP contribution in [0.4, 0.5) is 4.39 Å². The Morgan fingerprint density at radius 3 is 2.95 bits per heavy atom. The second-order valence-electron chi connectivity index (χ2n) is 4.57. The highest BCUT2D eigenvalue weighted by atomic mass is 19.1. The first-order valence-electron chi connectivity index (χ1n) is 6.44. The Kier molecular flexibility index (Phi) is 4.87. The van der Waals surface area contributed by atoms with E-state index in [9.17, 15) is 19.4 Å². The fraction of sp³-hybridized carbons (Fsp3) is 0.462. The van der Waals surface area contributed by atoms with E-state index in [0.29, 0.717) is 0 Å². The van der Waals surface area contributed by atoms with E-state index in [2.05, 4.69) is 15.0 Å². The van der Waals surface area contributed by atoms with Crippen LogP contribution in [0.5, 0.6) is 0 Å². The maximum absolute atomic E-state index is 13.3. The number of terminal acetylenes is 1. The van der Waals surface area contributed by atoms with Crippen LogP contribution in [-0.4, -0.2) is 54.7 Å². The number of aromatic amines is 1. The van der Waals surface area contributed by atoms with Gasteiger partial charge in [-0.3, -0.25) is 9.36 Å². The maximum Gasteiger partial charge on any atom is 0.278 e. The number of aromatic nitrogens is 4. The fourth-order valence-corrected chi connectivity index (χ4v) is 1.97. The highest BCUT2D eigenvalue weighted by Gasteiger charge is 2.29. The van der Waals surface area contributed by atoms with E-state index in [4.69, 9.17) is 11.2 Å². The molecule has 0 aromatic carbocycles. The third kappa shape index (κ3) is 2.99. The smallest absolute Gasteiger partial charge is 0.278 e. The number of halogens is 1. The standard InChI is InChI=1S/C13H15FN4O4/c1-3-8(14)11(20)9(4-19)22-7(2)18-6-17-10-12(18)15-5-16-13(10)21/h1,5-9,11,19-20H,4H2,2H3,(H,15,16,21)/t7?,8?,9-,11?/m1/s1. The SMILES string of the molecule is C#CC(F)C(O)[C@@H](CO)OC(C)n1cnc2c(=O)[nH]cnc21. The molecule has 2 heterocycles. The molecule has 0 aliphatic heterocycles. The van der Waals surface area contributed by atoms with E-state index in [1.54, 1.807) is 12.8 Å². The minimum absolute atomic E-state index is 0.117. The van der Waals surface area contributed by atoms with Gasteiger partial charge in [0.05, 0.1) is 19.3 Å². The quantitative estimate of drug-likeness (QED) is 0.611. The summed E-state index contributed by atoms with van der Waals surface area (Å²) < 4.78 is 20.1. The normalized spacial score (nSPS) is 16.9. The summed E-state index contributed by atoms with van der Waals surface area (Å²) in [5.74, 6) is 1.74. The zero-order valence-electron chi connectivity index (χ0n) is 11.7. The Hall–Kier alpha value is -2.28. The molecular weight excluding hydrogens is 295 g/mol. The molecule has 22 heavy (non-hydrogen) atoms. The molecule has 0 amide bonds. The van der Waals surface area contributed by atoms with Crippen LogP contribution in [0.25, 0.3) is 11.2 Å². The average molecular weight is 310 g/mol. The van der Waals surface area contributed by atoms with E-state index >= 15 is 0 Å². The van der Waals surface area contributed by atoms with Crippen LogP contribution < -0.4 is 5.56 Å². The number of nitrogens with one attached hydrogen (secondary N) is 1. The van der Waals surface area contributed by atoms with Gasteiger partial charge in [0.25, 0.3) is 5.56 Å². The van der Waals surface area contributed by atoms with Crippen LogP contribution in [0.15, 0.2) is 17.4 Å². The van der Waals surface area contributed by atoms with Gasteiger partial charge in [0.2, 0.25) is 0 Å². The van der Waals surface area contributed by atoms with Gasteiger partial charge in [-0.25, -0.2) is 14.4 Å². The number of rotatable bonds is 6. The number of imidazole rings is 1. The lowest BCUT2D eigenvalue weighted by Crippen LogP contribution is -2.40. The first-order chi connectivity index (χ1) is 10.5. The summed E-state index contributed by atoms with van der Waals surface area (Å²) in [6.45, 7) is 0.941. The van der Waals surface area contributed by atoms with Crippen molar-refractivity contribution in [3.05, 3.63) is 23.0 Å². The van der Waals surface area contributed by atoms with Crippen LogP contribution in [0, 0.1) is 12.3 Å². The minimum Gasteiger partial charge on any atom is -0.394 e. The number of ether oxygens (including phenoxy) is 1. The summed E-state index contributed by atoms with van der Waals surface area (Å²) in [5.41, 5.74) is -0.0342. The number of fused-ring (bicyclic) bond motifs is 1. The molecule has 0 fully saturated rings. The van der Waals surface area contributed by atoms with Gasteiger partial charge in [0, 0.05) is 0 Å². The molecule has 0 saturated carbocycles. The Labute approximate surface area is 124 Å². The summed E-state index contributed by atoms with van der Waals surface area (Å²) in [6, 6.07) is 0. The van der Waals surface area contributed by atoms with Crippen molar-refractivity contribution in [2.24, 2.45) is 0 Å².